The Labute approximate surface area is 138 Å². The van der Waals surface area contributed by atoms with Crippen LogP contribution in [0.5, 0.6) is 5.75 Å². The standard InChI is InChI=1S/C17H14ClN3O2/c18-16-4-1-13(2-5-16)10-23-17-6-3-14(9-22)7-15(17)8-21-12-19-11-20-21/h1-7,9,11-12H,8,10H2. The number of carbonyl (C=O) groups is 1. The summed E-state index contributed by atoms with van der Waals surface area (Å²) in [5.41, 5.74) is 2.48. The Morgan fingerprint density at radius 3 is 2.70 bits per heavy atom. The van der Waals surface area contributed by atoms with E-state index in [9.17, 15) is 4.79 Å². The fourth-order valence-corrected chi connectivity index (χ4v) is 2.29. The molecule has 116 valence electrons. The van der Waals surface area contributed by atoms with E-state index in [2.05, 4.69) is 10.1 Å². The zero-order valence-electron chi connectivity index (χ0n) is 12.2. The third-order valence-electron chi connectivity index (χ3n) is 3.33. The third kappa shape index (κ3) is 3.96. The van der Waals surface area contributed by atoms with E-state index >= 15 is 0 Å². The predicted molar refractivity (Wildman–Crippen MR) is 86.7 cm³/mol. The number of aldehydes is 1. The zero-order valence-corrected chi connectivity index (χ0v) is 13.0. The van der Waals surface area contributed by atoms with E-state index in [1.54, 1.807) is 29.2 Å². The average Bonchev–Trinajstić information content (AvgIpc) is 3.08. The lowest BCUT2D eigenvalue weighted by Gasteiger charge is -2.12. The number of hydrogen-bond acceptors (Lipinski definition) is 4. The Balaban J connectivity index is 1.79. The lowest BCUT2D eigenvalue weighted by molar-refractivity contribution is 0.112. The fourth-order valence-electron chi connectivity index (χ4n) is 2.17. The van der Waals surface area contributed by atoms with Crippen LogP contribution in [0, 0.1) is 0 Å². The van der Waals surface area contributed by atoms with Crippen LogP contribution in [0.1, 0.15) is 21.5 Å². The number of aromatic nitrogens is 3. The van der Waals surface area contributed by atoms with Gasteiger partial charge in [0.05, 0.1) is 6.54 Å². The Morgan fingerprint density at radius 1 is 1.17 bits per heavy atom. The van der Waals surface area contributed by atoms with Gasteiger partial charge < -0.3 is 4.74 Å². The van der Waals surface area contributed by atoms with Crippen LogP contribution in [0.4, 0.5) is 0 Å². The Kier molecular flexibility index (Phi) is 4.68. The van der Waals surface area contributed by atoms with Gasteiger partial charge in [-0.1, -0.05) is 23.7 Å². The first kappa shape index (κ1) is 15.2. The molecule has 0 saturated heterocycles. The first-order valence-corrected chi connectivity index (χ1v) is 7.40. The monoisotopic (exact) mass is 327 g/mol. The smallest absolute Gasteiger partial charge is 0.150 e. The van der Waals surface area contributed by atoms with E-state index in [0.717, 1.165) is 17.4 Å². The highest BCUT2D eigenvalue weighted by atomic mass is 35.5. The van der Waals surface area contributed by atoms with Gasteiger partial charge in [0.15, 0.2) is 0 Å². The Bertz CT molecular complexity index is 786. The topological polar surface area (TPSA) is 57.0 Å². The number of benzene rings is 2. The molecule has 23 heavy (non-hydrogen) atoms. The molecule has 1 aromatic heterocycles. The summed E-state index contributed by atoms with van der Waals surface area (Å²) >= 11 is 5.88. The summed E-state index contributed by atoms with van der Waals surface area (Å²) in [6.45, 7) is 0.902. The molecular weight excluding hydrogens is 314 g/mol. The quantitative estimate of drug-likeness (QED) is 0.651. The molecule has 0 amide bonds. The van der Waals surface area contributed by atoms with Gasteiger partial charge in [0.2, 0.25) is 0 Å². The highest BCUT2D eigenvalue weighted by Gasteiger charge is 2.07. The van der Waals surface area contributed by atoms with Gasteiger partial charge in [-0.25, -0.2) is 9.67 Å². The van der Waals surface area contributed by atoms with Crippen molar-refractivity contribution in [2.75, 3.05) is 0 Å². The molecule has 0 aliphatic carbocycles. The molecule has 3 rings (SSSR count). The van der Waals surface area contributed by atoms with Crippen molar-refractivity contribution < 1.29 is 9.53 Å². The number of ether oxygens (including phenoxy) is 1. The van der Waals surface area contributed by atoms with Crippen LogP contribution in [0.15, 0.2) is 55.1 Å². The predicted octanol–water partition coefficient (Wildman–Crippen LogP) is 3.37. The molecule has 0 radical (unpaired) electrons. The maximum absolute atomic E-state index is 11.0. The van der Waals surface area contributed by atoms with Crippen molar-refractivity contribution in [1.82, 2.24) is 14.8 Å². The average molecular weight is 328 g/mol. The molecular formula is C17H14ClN3O2. The van der Waals surface area contributed by atoms with Gasteiger partial charge in [-0.05, 0) is 35.9 Å². The SMILES string of the molecule is O=Cc1ccc(OCc2ccc(Cl)cc2)c(Cn2cncn2)c1. The molecule has 3 aromatic rings. The summed E-state index contributed by atoms with van der Waals surface area (Å²) in [5, 5.41) is 4.77. The molecule has 5 nitrogen and oxygen atoms in total. The van der Waals surface area contributed by atoms with E-state index in [1.807, 2.05) is 24.3 Å². The molecule has 0 atom stereocenters. The van der Waals surface area contributed by atoms with Crippen LogP contribution in [-0.2, 0) is 13.2 Å². The first-order chi connectivity index (χ1) is 11.2. The van der Waals surface area contributed by atoms with E-state index in [4.69, 9.17) is 16.3 Å². The van der Waals surface area contributed by atoms with Crippen molar-refractivity contribution >= 4 is 17.9 Å². The minimum atomic E-state index is 0.419. The zero-order chi connectivity index (χ0) is 16.1. The minimum Gasteiger partial charge on any atom is -0.489 e. The van der Waals surface area contributed by atoms with Crippen LogP contribution in [0.25, 0.3) is 0 Å². The van der Waals surface area contributed by atoms with Crippen LogP contribution < -0.4 is 4.74 Å². The Hall–Kier alpha value is -2.66. The van der Waals surface area contributed by atoms with Crippen LogP contribution in [0.3, 0.4) is 0 Å². The molecule has 0 bridgehead atoms. The molecule has 0 saturated carbocycles. The molecule has 0 aliphatic rings. The molecule has 6 heteroatoms. The van der Waals surface area contributed by atoms with Crippen molar-refractivity contribution in [1.29, 1.82) is 0 Å². The van der Waals surface area contributed by atoms with E-state index in [0.29, 0.717) is 29.5 Å². The summed E-state index contributed by atoms with van der Waals surface area (Å²) < 4.78 is 7.57. The minimum absolute atomic E-state index is 0.419. The molecule has 2 aromatic carbocycles. The molecule has 0 unspecified atom stereocenters. The van der Waals surface area contributed by atoms with Gasteiger partial charge in [-0.2, -0.15) is 5.10 Å². The summed E-state index contributed by atoms with van der Waals surface area (Å²) in [6.07, 6.45) is 3.90. The summed E-state index contributed by atoms with van der Waals surface area (Å²) in [6, 6.07) is 12.8. The maximum Gasteiger partial charge on any atom is 0.150 e. The van der Waals surface area contributed by atoms with Gasteiger partial charge >= 0.3 is 0 Å². The van der Waals surface area contributed by atoms with Crippen molar-refractivity contribution in [2.24, 2.45) is 0 Å². The van der Waals surface area contributed by atoms with Crippen LogP contribution >= 0.6 is 11.6 Å². The second kappa shape index (κ2) is 7.07. The van der Waals surface area contributed by atoms with E-state index in [-0.39, 0.29) is 0 Å². The van der Waals surface area contributed by atoms with Gasteiger partial charge in [-0.15, -0.1) is 0 Å². The number of nitrogens with zero attached hydrogens (tertiary/aromatic N) is 3. The second-order valence-electron chi connectivity index (χ2n) is 4.99. The maximum atomic E-state index is 11.0. The van der Waals surface area contributed by atoms with Crippen molar-refractivity contribution in [3.63, 3.8) is 0 Å². The van der Waals surface area contributed by atoms with Gasteiger partial charge in [0.1, 0.15) is 31.3 Å². The van der Waals surface area contributed by atoms with E-state index < -0.39 is 0 Å². The first-order valence-electron chi connectivity index (χ1n) is 7.02. The van der Waals surface area contributed by atoms with Crippen molar-refractivity contribution in [3.8, 4) is 5.75 Å². The van der Waals surface area contributed by atoms with Crippen molar-refractivity contribution in [3.05, 3.63) is 76.8 Å². The summed E-state index contributed by atoms with van der Waals surface area (Å²) in [4.78, 5) is 14.9. The number of rotatable bonds is 6. The normalized spacial score (nSPS) is 10.5. The van der Waals surface area contributed by atoms with Gasteiger partial charge in [0.25, 0.3) is 0 Å². The molecule has 1 heterocycles. The van der Waals surface area contributed by atoms with Crippen LogP contribution in [-0.4, -0.2) is 21.1 Å². The lowest BCUT2D eigenvalue weighted by atomic mass is 10.1. The number of carbonyl (C=O) groups excluding carboxylic acids is 1. The number of halogens is 1. The molecule has 0 spiro atoms. The molecule has 0 N–H and O–H groups in total. The summed E-state index contributed by atoms with van der Waals surface area (Å²) in [7, 11) is 0. The third-order valence-corrected chi connectivity index (χ3v) is 3.58. The largest absolute Gasteiger partial charge is 0.489 e. The van der Waals surface area contributed by atoms with E-state index in [1.165, 1.54) is 6.33 Å². The molecule has 0 aliphatic heterocycles. The second-order valence-corrected chi connectivity index (χ2v) is 5.43. The van der Waals surface area contributed by atoms with Gasteiger partial charge in [-0.3, -0.25) is 4.79 Å². The number of hydrogen-bond donors (Lipinski definition) is 0. The Morgan fingerprint density at radius 2 is 2.00 bits per heavy atom. The van der Waals surface area contributed by atoms with Crippen molar-refractivity contribution in [2.45, 2.75) is 13.2 Å². The highest BCUT2D eigenvalue weighted by molar-refractivity contribution is 6.30. The van der Waals surface area contributed by atoms with Crippen LogP contribution in [0.2, 0.25) is 5.02 Å². The lowest BCUT2D eigenvalue weighted by Crippen LogP contribution is -2.05. The summed E-state index contributed by atoms with van der Waals surface area (Å²) in [5.74, 6) is 0.709. The van der Waals surface area contributed by atoms with Gasteiger partial charge in [0, 0.05) is 16.1 Å². The molecule has 0 fully saturated rings. The highest BCUT2D eigenvalue weighted by Crippen LogP contribution is 2.22. The fraction of sp³-hybridized carbons (Fsp3) is 0.118.